The van der Waals surface area contributed by atoms with Crippen LogP contribution in [0, 0.1) is 0 Å². The topological polar surface area (TPSA) is 40.5 Å². The summed E-state index contributed by atoms with van der Waals surface area (Å²) in [6.07, 6.45) is 17.0. The fourth-order valence-corrected chi connectivity index (χ4v) is 4.24. The third-order valence-electron chi connectivity index (χ3n) is 5.66. The van der Waals surface area contributed by atoms with Crippen molar-refractivity contribution in [3.63, 3.8) is 0 Å². The first-order valence-corrected chi connectivity index (χ1v) is 12.6. The Balaban J connectivity index is 0.000000821. The molecule has 0 bridgehead atoms. The van der Waals surface area contributed by atoms with Gasteiger partial charge in [-0.2, -0.15) is 0 Å². The van der Waals surface area contributed by atoms with E-state index in [0.29, 0.717) is 0 Å². The number of hydrogen-bond acceptors (Lipinski definition) is 3. The lowest BCUT2D eigenvalue weighted by Crippen LogP contribution is -2.21. The lowest BCUT2D eigenvalue weighted by molar-refractivity contribution is -0.138. The molecular formula is C23H47NO2S. The molecule has 1 atom stereocenters. The van der Waals surface area contributed by atoms with Crippen LogP contribution >= 0.6 is 11.8 Å². The van der Waals surface area contributed by atoms with E-state index < -0.39 is 5.97 Å². The number of rotatable bonds is 17. The van der Waals surface area contributed by atoms with Gasteiger partial charge in [0.1, 0.15) is 4.75 Å². The summed E-state index contributed by atoms with van der Waals surface area (Å²) in [6, 6.07) is 0. The summed E-state index contributed by atoms with van der Waals surface area (Å²) in [5, 5.41) is 9.06. The highest BCUT2D eigenvalue weighted by atomic mass is 32.2. The average molecular weight is 402 g/mol. The Kier molecular flexibility index (Phi) is 17.7. The van der Waals surface area contributed by atoms with Gasteiger partial charge in [-0.3, -0.25) is 4.79 Å². The predicted octanol–water partition coefficient (Wildman–Crippen LogP) is 7.00. The van der Waals surface area contributed by atoms with Crippen LogP contribution in [0.3, 0.4) is 0 Å². The molecule has 1 rings (SSSR count). The predicted molar refractivity (Wildman–Crippen MR) is 122 cm³/mol. The molecule has 1 fully saturated rings. The van der Waals surface area contributed by atoms with Crippen LogP contribution in [0.5, 0.6) is 0 Å². The smallest absolute Gasteiger partial charge is 0.320 e. The van der Waals surface area contributed by atoms with E-state index in [-0.39, 0.29) is 4.75 Å². The van der Waals surface area contributed by atoms with E-state index in [1.54, 1.807) is 11.8 Å². The molecule has 1 heterocycles. The maximum atomic E-state index is 11.0. The van der Waals surface area contributed by atoms with E-state index in [1.165, 1.54) is 90.3 Å². The van der Waals surface area contributed by atoms with Crippen molar-refractivity contribution in [2.75, 3.05) is 25.4 Å². The molecule has 1 N–H and O–H groups in total. The summed E-state index contributed by atoms with van der Waals surface area (Å²) in [5.74, 6) is 0.242. The van der Waals surface area contributed by atoms with Gasteiger partial charge >= 0.3 is 5.97 Å². The van der Waals surface area contributed by atoms with Gasteiger partial charge in [0.2, 0.25) is 0 Å². The molecule has 1 unspecified atom stereocenters. The number of aliphatic carboxylic acids is 1. The molecule has 4 heteroatoms. The molecule has 1 aliphatic rings. The van der Waals surface area contributed by atoms with E-state index in [0.717, 1.165) is 18.6 Å². The first-order chi connectivity index (χ1) is 13.1. The Morgan fingerprint density at radius 3 is 1.41 bits per heavy atom. The minimum absolute atomic E-state index is 0.376. The summed E-state index contributed by atoms with van der Waals surface area (Å²) in [7, 11) is 0. The lowest BCUT2D eigenvalue weighted by atomic mass is 10.0. The number of carboxylic acid groups (broad SMARTS) is 1. The van der Waals surface area contributed by atoms with Crippen LogP contribution in [0.25, 0.3) is 0 Å². The lowest BCUT2D eigenvalue weighted by Gasteiger charge is -2.13. The van der Waals surface area contributed by atoms with Crippen LogP contribution in [-0.2, 0) is 4.79 Å². The van der Waals surface area contributed by atoms with Crippen molar-refractivity contribution in [3.8, 4) is 0 Å². The average Bonchev–Trinajstić information content (AvgIpc) is 3.46. The molecule has 0 aromatic heterocycles. The van der Waals surface area contributed by atoms with Crippen LogP contribution in [0.15, 0.2) is 0 Å². The first-order valence-electron chi connectivity index (χ1n) is 11.7. The van der Waals surface area contributed by atoms with Gasteiger partial charge in [0.25, 0.3) is 0 Å². The Labute approximate surface area is 174 Å². The van der Waals surface area contributed by atoms with Crippen molar-refractivity contribution in [1.82, 2.24) is 4.90 Å². The Bertz CT molecular complexity index is 336. The summed E-state index contributed by atoms with van der Waals surface area (Å²) >= 11 is 1.61. The van der Waals surface area contributed by atoms with Crippen LogP contribution in [0.2, 0.25) is 0 Å². The number of nitrogens with zero attached hydrogens (tertiary/aromatic N) is 1. The van der Waals surface area contributed by atoms with E-state index in [9.17, 15) is 4.79 Å². The fourth-order valence-electron chi connectivity index (χ4n) is 3.38. The summed E-state index contributed by atoms with van der Waals surface area (Å²) in [6.45, 7) is 12.4. The van der Waals surface area contributed by atoms with E-state index in [1.807, 2.05) is 0 Å². The molecule has 0 aromatic carbocycles. The maximum absolute atomic E-state index is 11.0. The first kappa shape index (κ1) is 26.8. The highest BCUT2D eigenvalue weighted by Crippen LogP contribution is 2.48. The summed E-state index contributed by atoms with van der Waals surface area (Å²) in [4.78, 5) is 13.4. The number of hydrogen-bond donors (Lipinski definition) is 1. The largest absolute Gasteiger partial charge is 0.480 e. The standard InChI is InChI=1S/C17H32O2S.C6H15N/c1-2-3-4-5-6-7-8-9-10-11-12-13-14-17(15-20-17)16(18)19;1-4-7(5-2)6-3/h2-15H2,1H3,(H,18,19);4-6H2,1-3H3. The molecular weight excluding hydrogens is 354 g/mol. The molecule has 1 aliphatic heterocycles. The molecule has 0 saturated carbocycles. The van der Waals surface area contributed by atoms with Gasteiger partial charge in [-0.15, -0.1) is 11.8 Å². The molecule has 0 spiro atoms. The third kappa shape index (κ3) is 14.4. The molecule has 27 heavy (non-hydrogen) atoms. The van der Waals surface area contributed by atoms with Crippen LogP contribution in [0.4, 0.5) is 0 Å². The highest BCUT2D eigenvalue weighted by molar-refractivity contribution is 8.08. The van der Waals surface area contributed by atoms with Crippen molar-refractivity contribution in [1.29, 1.82) is 0 Å². The van der Waals surface area contributed by atoms with Gasteiger partial charge in [0.05, 0.1) is 0 Å². The van der Waals surface area contributed by atoms with Gasteiger partial charge in [-0.05, 0) is 26.1 Å². The minimum Gasteiger partial charge on any atom is -0.480 e. The Morgan fingerprint density at radius 2 is 1.15 bits per heavy atom. The molecule has 0 aromatic rings. The number of thioether (sulfide) groups is 1. The molecule has 162 valence electrons. The Hall–Kier alpha value is -0.220. The zero-order chi connectivity index (χ0) is 20.4. The summed E-state index contributed by atoms with van der Waals surface area (Å²) in [5.41, 5.74) is 0. The monoisotopic (exact) mass is 401 g/mol. The van der Waals surface area contributed by atoms with Gasteiger partial charge in [-0.25, -0.2) is 0 Å². The van der Waals surface area contributed by atoms with Crippen LogP contribution in [0.1, 0.15) is 111 Å². The van der Waals surface area contributed by atoms with E-state index in [2.05, 4.69) is 32.6 Å². The number of unbranched alkanes of at least 4 members (excludes halogenated alkanes) is 11. The van der Waals surface area contributed by atoms with Crippen molar-refractivity contribution in [2.45, 2.75) is 116 Å². The van der Waals surface area contributed by atoms with Crippen molar-refractivity contribution in [2.24, 2.45) is 0 Å². The van der Waals surface area contributed by atoms with Crippen molar-refractivity contribution >= 4 is 17.7 Å². The molecule has 0 radical (unpaired) electrons. The zero-order valence-corrected chi connectivity index (χ0v) is 19.5. The van der Waals surface area contributed by atoms with Crippen LogP contribution in [-0.4, -0.2) is 46.1 Å². The number of carbonyl (C=O) groups is 1. The third-order valence-corrected chi connectivity index (χ3v) is 7.02. The SMILES string of the molecule is CCCCCCCCCCCCCCC1(C(=O)O)CS1.CCN(CC)CC. The second kappa shape index (κ2) is 17.8. The second-order valence-corrected chi connectivity index (χ2v) is 9.21. The molecule has 0 aliphatic carbocycles. The fraction of sp³-hybridized carbons (Fsp3) is 0.957. The normalized spacial score (nSPS) is 18.3. The van der Waals surface area contributed by atoms with Gasteiger partial charge < -0.3 is 10.0 Å². The van der Waals surface area contributed by atoms with Gasteiger partial charge in [0.15, 0.2) is 0 Å². The quantitative estimate of drug-likeness (QED) is 0.210. The molecule has 1 saturated heterocycles. The Morgan fingerprint density at radius 1 is 0.778 bits per heavy atom. The van der Waals surface area contributed by atoms with Crippen molar-refractivity contribution in [3.05, 3.63) is 0 Å². The van der Waals surface area contributed by atoms with E-state index in [4.69, 9.17) is 5.11 Å². The highest BCUT2D eigenvalue weighted by Gasteiger charge is 2.50. The van der Waals surface area contributed by atoms with Gasteiger partial charge in [-0.1, -0.05) is 105 Å². The molecule has 3 nitrogen and oxygen atoms in total. The van der Waals surface area contributed by atoms with Gasteiger partial charge in [0, 0.05) is 5.75 Å². The zero-order valence-electron chi connectivity index (χ0n) is 18.7. The number of carboxylic acids is 1. The summed E-state index contributed by atoms with van der Waals surface area (Å²) < 4.78 is -0.376. The van der Waals surface area contributed by atoms with Crippen LogP contribution < -0.4 is 0 Å². The molecule has 0 amide bonds. The second-order valence-electron chi connectivity index (χ2n) is 7.85. The minimum atomic E-state index is -0.592. The van der Waals surface area contributed by atoms with Crippen molar-refractivity contribution < 1.29 is 9.90 Å². The van der Waals surface area contributed by atoms with E-state index >= 15 is 0 Å². The maximum Gasteiger partial charge on any atom is 0.320 e.